The summed E-state index contributed by atoms with van der Waals surface area (Å²) in [4.78, 5) is 11.2. The topological polar surface area (TPSA) is 29.1 Å². The molecule has 0 spiro atoms. The van der Waals surface area contributed by atoms with Gasteiger partial charge in [-0.3, -0.25) is 4.79 Å². The van der Waals surface area contributed by atoms with E-state index < -0.39 is 11.8 Å². The first-order valence-corrected chi connectivity index (χ1v) is 4.91. The van der Waals surface area contributed by atoms with Gasteiger partial charge in [-0.05, 0) is 6.42 Å². The second kappa shape index (κ2) is 5.39. The van der Waals surface area contributed by atoms with Crippen LogP contribution in [0.1, 0.15) is 12.0 Å². The van der Waals surface area contributed by atoms with Crippen LogP contribution in [0.3, 0.4) is 0 Å². The summed E-state index contributed by atoms with van der Waals surface area (Å²) in [7, 11) is 0. The molecular weight excluding hydrogens is 212 g/mol. The Kier molecular flexibility index (Phi) is 4.17. The lowest BCUT2D eigenvalue weighted by Gasteiger charge is -2.15. The van der Waals surface area contributed by atoms with Crippen molar-refractivity contribution in [2.45, 2.75) is 12.3 Å². The van der Waals surface area contributed by atoms with Crippen molar-refractivity contribution in [1.82, 2.24) is 5.32 Å². The number of amides is 1. The number of carbonyl (C=O) groups is 1. The van der Waals surface area contributed by atoms with Crippen molar-refractivity contribution in [2.75, 3.05) is 6.54 Å². The van der Waals surface area contributed by atoms with E-state index in [4.69, 9.17) is 0 Å². The number of halogens is 2. The van der Waals surface area contributed by atoms with E-state index >= 15 is 0 Å². The number of carbonyl (C=O) groups excluding carboxylic acids is 1. The third-order valence-corrected chi connectivity index (χ3v) is 2.06. The van der Waals surface area contributed by atoms with Gasteiger partial charge < -0.3 is 5.32 Å². The van der Waals surface area contributed by atoms with Crippen LogP contribution in [-0.2, 0) is 10.7 Å². The van der Waals surface area contributed by atoms with Crippen molar-refractivity contribution in [3.8, 4) is 0 Å². The van der Waals surface area contributed by atoms with E-state index in [1.165, 1.54) is 24.3 Å². The standard InChI is InChI=1S/C12H13F2NO/c1-2-3-9-15-11(16)12(13,14)10-7-5-4-6-8-10/h2,4-8H,1,3,9H2,(H,15,16). The molecule has 0 fully saturated rings. The molecule has 0 unspecified atom stereocenters. The predicted molar refractivity (Wildman–Crippen MR) is 58.2 cm³/mol. The second-order valence-corrected chi connectivity index (χ2v) is 3.27. The molecule has 0 aliphatic heterocycles. The molecule has 0 atom stereocenters. The minimum absolute atomic E-state index is 0.171. The lowest BCUT2D eigenvalue weighted by Crippen LogP contribution is -2.38. The maximum Gasteiger partial charge on any atom is 0.349 e. The Hall–Kier alpha value is -1.71. The third kappa shape index (κ3) is 2.89. The van der Waals surface area contributed by atoms with Gasteiger partial charge in [0.2, 0.25) is 0 Å². The predicted octanol–water partition coefficient (Wildman–Crippen LogP) is 2.47. The molecule has 0 aromatic heterocycles. The van der Waals surface area contributed by atoms with Crippen molar-refractivity contribution in [3.63, 3.8) is 0 Å². The molecule has 0 aliphatic carbocycles. The molecule has 0 radical (unpaired) electrons. The molecule has 0 aliphatic rings. The van der Waals surface area contributed by atoms with Crippen LogP contribution in [0.2, 0.25) is 0 Å². The van der Waals surface area contributed by atoms with Crippen molar-refractivity contribution in [2.24, 2.45) is 0 Å². The van der Waals surface area contributed by atoms with Crippen LogP contribution >= 0.6 is 0 Å². The van der Waals surface area contributed by atoms with Gasteiger partial charge in [0.05, 0.1) is 0 Å². The van der Waals surface area contributed by atoms with E-state index in [0.29, 0.717) is 6.42 Å². The van der Waals surface area contributed by atoms with Gasteiger partial charge in [0, 0.05) is 12.1 Å². The van der Waals surface area contributed by atoms with Gasteiger partial charge in [-0.15, -0.1) is 6.58 Å². The van der Waals surface area contributed by atoms with Gasteiger partial charge in [0.15, 0.2) is 0 Å². The van der Waals surface area contributed by atoms with Crippen LogP contribution in [0.25, 0.3) is 0 Å². The number of rotatable bonds is 5. The highest BCUT2D eigenvalue weighted by Gasteiger charge is 2.40. The second-order valence-electron chi connectivity index (χ2n) is 3.27. The highest BCUT2D eigenvalue weighted by molar-refractivity contribution is 5.84. The molecule has 1 aromatic carbocycles. The highest BCUT2D eigenvalue weighted by Crippen LogP contribution is 2.27. The van der Waals surface area contributed by atoms with Crippen LogP contribution in [0.5, 0.6) is 0 Å². The Bertz CT molecular complexity index is 363. The largest absolute Gasteiger partial charge is 0.350 e. The SMILES string of the molecule is C=CCCNC(=O)C(F)(F)c1ccccc1. The van der Waals surface area contributed by atoms with Crippen molar-refractivity contribution < 1.29 is 13.6 Å². The van der Waals surface area contributed by atoms with Gasteiger partial charge in [-0.2, -0.15) is 8.78 Å². The number of benzene rings is 1. The van der Waals surface area contributed by atoms with Gasteiger partial charge in [-0.25, -0.2) is 0 Å². The number of nitrogens with one attached hydrogen (secondary N) is 1. The Labute approximate surface area is 93.0 Å². The van der Waals surface area contributed by atoms with Crippen LogP contribution < -0.4 is 5.32 Å². The normalized spacial score (nSPS) is 10.9. The molecule has 1 amide bonds. The number of hydrogen-bond acceptors (Lipinski definition) is 1. The van der Waals surface area contributed by atoms with E-state index in [9.17, 15) is 13.6 Å². The van der Waals surface area contributed by atoms with E-state index in [1.54, 1.807) is 12.1 Å². The zero-order valence-electron chi connectivity index (χ0n) is 8.75. The minimum atomic E-state index is -3.48. The molecule has 4 heteroatoms. The zero-order chi connectivity index (χ0) is 12.0. The summed E-state index contributed by atoms with van der Waals surface area (Å²) in [6, 6.07) is 7.02. The number of hydrogen-bond donors (Lipinski definition) is 1. The minimum Gasteiger partial charge on any atom is -0.350 e. The van der Waals surface area contributed by atoms with Gasteiger partial charge in [0.25, 0.3) is 5.91 Å². The van der Waals surface area contributed by atoms with E-state index in [0.717, 1.165) is 0 Å². The summed E-state index contributed by atoms with van der Waals surface area (Å²) in [5.41, 5.74) is -0.300. The first-order valence-electron chi connectivity index (χ1n) is 4.91. The first kappa shape index (κ1) is 12.4. The molecule has 1 rings (SSSR count). The molecule has 1 aromatic rings. The lowest BCUT2D eigenvalue weighted by atomic mass is 10.1. The average molecular weight is 225 g/mol. The molecule has 0 saturated carbocycles. The Morgan fingerprint density at radius 3 is 2.56 bits per heavy atom. The first-order chi connectivity index (χ1) is 7.59. The maximum atomic E-state index is 13.5. The summed E-state index contributed by atoms with van der Waals surface area (Å²) < 4.78 is 27.1. The molecule has 2 nitrogen and oxygen atoms in total. The molecule has 86 valence electrons. The van der Waals surface area contributed by atoms with Gasteiger partial charge >= 0.3 is 5.92 Å². The summed E-state index contributed by atoms with van der Waals surface area (Å²) in [5, 5.41) is 2.16. The van der Waals surface area contributed by atoms with Crippen LogP contribution in [-0.4, -0.2) is 12.5 Å². The van der Waals surface area contributed by atoms with Crippen molar-refractivity contribution in [3.05, 3.63) is 48.6 Å². The lowest BCUT2D eigenvalue weighted by molar-refractivity contribution is -0.146. The Morgan fingerprint density at radius 2 is 2.00 bits per heavy atom. The fourth-order valence-electron chi connectivity index (χ4n) is 1.18. The van der Waals surface area contributed by atoms with Gasteiger partial charge in [-0.1, -0.05) is 36.4 Å². The summed E-state index contributed by atoms with van der Waals surface area (Å²) in [5.74, 6) is -4.76. The monoisotopic (exact) mass is 225 g/mol. The van der Waals surface area contributed by atoms with Crippen LogP contribution in [0, 0.1) is 0 Å². The smallest absolute Gasteiger partial charge is 0.349 e. The fraction of sp³-hybridized carbons (Fsp3) is 0.250. The fourth-order valence-corrected chi connectivity index (χ4v) is 1.18. The Balaban J connectivity index is 2.70. The van der Waals surface area contributed by atoms with Crippen LogP contribution in [0.4, 0.5) is 8.78 Å². The molecule has 16 heavy (non-hydrogen) atoms. The molecular formula is C12H13F2NO. The molecule has 0 bridgehead atoms. The van der Waals surface area contributed by atoms with Crippen LogP contribution in [0.15, 0.2) is 43.0 Å². The van der Waals surface area contributed by atoms with E-state index in [2.05, 4.69) is 11.9 Å². The summed E-state index contributed by atoms with van der Waals surface area (Å²) in [6.45, 7) is 3.61. The Morgan fingerprint density at radius 1 is 1.38 bits per heavy atom. The summed E-state index contributed by atoms with van der Waals surface area (Å²) in [6.07, 6.45) is 2.03. The average Bonchev–Trinajstić information content (AvgIpc) is 2.30. The van der Waals surface area contributed by atoms with Gasteiger partial charge in [0.1, 0.15) is 0 Å². The van der Waals surface area contributed by atoms with E-state index in [1.807, 2.05) is 0 Å². The third-order valence-electron chi connectivity index (χ3n) is 2.06. The molecule has 1 N–H and O–H groups in total. The number of alkyl halides is 2. The zero-order valence-corrected chi connectivity index (χ0v) is 8.75. The van der Waals surface area contributed by atoms with Crippen molar-refractivity contribution in [1.29, 1.82) is 0 Å². The molecule has 0 heterocycles. The highest BCUT2D eigenvalue weighted by atomic mass is 19.3. The maximum absolute atomic E-state index is 13.5. The van der Waals surface area contributed by atoms with Crippen molar-refractivity contribution >= 4 is 5.91 Å². The van der Waals surface area contributed by atoms with E-state index in [-0.39, 0.29) is 12.1 Å². The quantitative estimate of drug-likeness (QED) is 0.605. The molecule has 0 saturated heterocycles. The summed E-state index contributed by atoms with van der Waals surface area (Å²) >= 11 is 0.